The number of alkyl halides is 2. The van der Waals surface area contributed by atoms with Gasteiger partial charge in [-0.15, -0.1) is 0 Å². The van der Waals surface area contributed by atoms with Crippen LogP contribution in [0.25, 0.3) is 11.2 Å². The van der Waals surface area contributed by atoms with Gasteiger partial charge in [0.25, 0.3) is 5.85 Å². The Morgan fingerprint density at radius 2 is 2.00 bits per heavy atom. The largest absolute Gasteiger partial charge is 0.465 e. The molecule has 1 aromatic carbocycles. The van der Waals surface area contributed by atoms with Crippen LogP contribution in [-0.4, -0.2) is 80.6 Å². The average Bonchev–Trinajstić information content (AvgIpc) is 3.15. The minimum Gasteiger partial charge on any atom is -0.465 e. The molecular formula is C24H30F2N7O7P. The van der Waals surface area contributed by atoms with Gasteiger partial charge in [0, 0.05) is 14.1 Å². The second-order valence-electron chi connectivity index (χ2n) is 10.1. The highest BCUT2D eigenvalue weighted by Crippen LogP contribution is 2.73. The summed E-state index contributed by atoms with van der Waals surface area (Å²) >= 11 is 0. The van der Waals surface area contributed by atoms with Gasteiger partial charge in [-0.2, -0.15) is 15.1 Å². The van der Waals surface area contributed by atoms with Gasteiger partial charge < -0.3 is 29.7 Å². The smallest absolute Gasteiger partial charge is 0.460 e. The maximum Gasteiger partial charge on any atom is 0.460 e. The molecule has 5 rings (SSSR count). The quantitative estimate of drug-likeness (QED) is 0.229. The van der Waals surface area contributed by atoms with Crippen LogP contribution in [-0.2, 0) is 23.4 Å². The average molecular weight is 598 g/mol. The normalized spacial score (nSPS) is 30.8. The Bertz CT molecular complexity index is 1530. The van der Waals surface area contributed by atoms with Crippen molar-refractivity contribution in [2.24, 2.45) is 0 Å². The summed E-state index contributed by atoms with van der Waals surface area (Å²) in [6.07, 6.45) is -2.75. The Morgan fingerprint density at radius 3 is 2.59 bits per heavy atom. The molecule has 1 aliphatic carbocycles. The summed E-state index contributed by atoms with van der Waals surface area (Å²) in [5, 5.41) is 13.7. The number of para-hydroxylation sites is 1. The molecule has 3 aromatic rings. The molecule has 1 aliphatic heterocycles. The van der Waals surface area contributed by atoms with Crippen LogP contribution in [0.2, 0.25) is 0 Å². The molecular weight excluding hydrogens is 567 g/mol. The predicted molar refractivity (Wildman–Crippen MR) is 141 cm³/mol. The number of fused-ring (bicyclic) bond motifs is 2. The SMILES string of the molecule is CCOC(=O)[C@H](C)N[P@@](=O)(Oc1ccccc1)O[C@H]1[C@]2(O)[C@@](C)(F)[C@H](n3cnc4c(N(C)C)nc(N)nc43)O[C@]12F. The molecule has 0 amide bonds. The van der Waals surface area contributed by atoms with E-state index in [9.17, 15) is 14.5 Å². The highest BCUT2D eigenvalue weighted by atomic mass is 31.2. The Kier molecular flexibility index (Phi) is 6.98. The Labute approximate surface area is 233 Å². The fourth-order valence-electron chi connectivity index (χ4n) is 4.83. The van der Waals surface area contributed by atoms with E-state index in [0.717, 1.165) is 17.8 Å². The van der Waals surface area contributed by atoms with Crippen LogP contribution in [0.3, 0.4) is 0 Å². The van der Waals surface area contributed by atoms with E-state index in [1.165, 1.54) is 19.1 Å². The molecule has 0 bridgehead atoms. The molecule has 1 saturated heterocycles. The van der Waals surface area contributed by atoms with Gasteiger partial charge in [-0.3, -0.25) is 13.9 Å². The third kappa shape index (κ3) is 4.50. The number of esters is 1. The van der Waals surface area contributed by atoms with Gasteiger partial charge in [0.2, 0.25) is 5.95 Å². The van der Waals surface area contributed by atoms with Gasteiger partial charge >= 0.3 is 13.7 Å². The zero-order chi connectivity index (χ0) is 30.0. The van der Waals surface area contributed by atoms with Crippen molar-refractivity contribution in [2.75, 3.05) is 31.3 Å². The zero-order valence-corrected chi connectivity index (χ0v) is 23.7. The fraction of sp³-hybridized carbons (Fsp3) is 0.500. The molecule has 2 aromatic heterocycles. The second-order valence-corrected chi connectivity index (χ2v) is 11.7. The van der Waals surface area contributed by atoms with Gasteiger partial charge in [-0.05, 0) is 32.9 Å². The van der Waals surface area contributed by atoms with Crippen LogP contribution in [0.1, 0.15) is 27.0 Å². The van der Waals surface area contributed by atoms with Gasteiger partial charge in [0.1, 0.15) is 11.8 Å². The molecule has 14 nitrogen and oxygen atoms in total. The summed E-state index contributed by atoms with van der Waals surface area (Å²) < 4.78 is 68.9. The third-order valence-corrected chi connectivity index (χ3v) is 8.59. The van der Waals surface area contributed by atoms with Crippen molar-refractivity contribution in [1.82, 2.24) is 24.6 Å². The van der Waals surface area contributed by atoms with E-state index in [4.69, 9.17) is 24.3 Å². The summed E-state index contributed by atoms with van der Waals surface area (Å²) in [6.45, 7) is 3.84. The molecule has 2 aliphatic rings. The number of aliphatic hydroxyl groups is 1. The molecule has 41 heavy (non-hydrogen) atoms. The topological polar surface area (TPSA) is 176 Å². The van der Waals surface area contributed by atoms with Crippen molar-refractivity contribution in [1.29, 1.82) is 0 Å². The number of ether oxygens (including phenoxy) is 2. The Morgan fingerprint density at radius 1 is 1.32 bits per heavy atom. The van der Waals surface area contributed by atoms with Crippen LogP contribution in [0, 0.1) is 0 Å². The molecule has 0 radical (unpaired) electrons. The number of aromatic nitrogens is 4. The molecule has 4 N–H and O–H groups in total. The lowest BCUT2D eigenvalue weighted by atomic mass is 9.97. The number of nitrogen functional groups attached to an aromatic ring is 1. The van der Waals surface area contributed by atoms with E-state index in [1.54, 1.807) is 44.1 Å². The lowest BCUT2D eigenvalue weighted by Crippen LogP contribution is -2.45. The second kappa shape index (κ2) is 9.84. The highest BCUT2D eigenvalue weighted by molar-refractivity contribution is 7.52. The summed E-state index contributed by atoms with van der Waals surface area (Å²) in [4.78, 5) is 26.3. The zero-order valence-electron chi connectivity index (χ0n) is 22.8. The fourth-order valence-corrected chi connectivity index (χ4v) is 6.53. The van der Waals surface area contributed by atoms with Crippen LogP contribution in [0.15, 0.2) is 36.7 Å². The minimum atomic E-state index is -4.67. The van der Waals surface area contributed by atoms with E-state index >= 15 is 8.78 Å². The molecule has 2 fully saturated rings. The van der Waals surface area contributed by atoms with Crippen LogP contribution < -0.4 is 20.2 Å². The standard InChI is InChI=1S/C24H30F2N7O7P/c1-6-37-18(34)13(2)31-41(36,39-14-10-8-7-9-11-14)40-19-23(35)22(3,25)20(38-24(19,23)26)33-12-28-15-16(32(4)5)29-21(27)30-17(15)33/h7-13,19-20,35H,6H2,1-5H3,(H,31,36)(H2,27,29,30)/t13-,19-,20+,22-,23-,24+,41+/m0/s1. The van der Waals surface area contributed by atoms with Gasteiger partial charge in [-0.1, -0.05) is 18.2 Å². The molecule has 1 saturated carbocycles. The lowest BCUT2D eigenvalue weighted by molar-refractivity contribution is -0.156. The first-order chi connectivity index (χ1) is 19.2. The maximum atomic E-state index is 16.5. The van der Waals surface area contributed by atoms with E-state index in [1.807, 2.05) is 0 Å². The van der Waals surface area contributed by atoms with Crippen LogP contribution in [0.4, 0.5) is 20.5 Å². The summed E-state index contributed by atoms with van der Waals surface area (Å²) in [6, 6.07) is 6.44. The van der Waals surface area contributed by atoms with E-state index in [0.29, 0.717) is 5.82 Å². The van der Waals surface area contributed by atoms with Gasteiger partial charge in [-0.25, -0.2) is 18.3 Å². The van der Waals surface area contributed by atoms with Crippen molar-refractivity contribution in [3.05, 3.63) is 36.7 Å². The summed E-state index contributed by atoms with van der Waals surface area (Å²) in [7, 11) is -1.29. The first-order valence-electron chi connectivity index (χ1n) is 12.6. The van der Waals surface area contributed by atoms with Gasteiger partial charge in [0.15, 0.2) is 40.6 Å². The van der Waals surface area contributed by atoms with Gasteiger partial charge in [0.05, 0.1) is 12.9 Å². The Hall–Kier alpha value is -3.43. The molecule has 222 valence electrons. The van der Waals surface area contributed by atoms with E-state index in [-0.39, 0.29) is 29.5 Å². The van der Waals surface area contributed by atoms with Crippen molar-refractivity contribution in [2.45, 2.75) is 56.3 Å². The molecule has 0 unspecified atom stereocenters. The molecule has 17 heteroatoms. The number of anilines is 2. The van der Waals surface area contributed by atoms with E-state index in [2.05, 4.69) is 20.0 Å². The minimum absolute atomic E-state index is 0.0315. The van der Waals surface area contributed by atoms with Crippen molar-refractivity contribution < 1.29 is 41.8 Å². The number of rotatable bonds is 10. The summed E-state index contributed by atoms with van der Waals surface area (Å²) in [5.41, 5.74) is 0.253. The third-order valence-electron chi connectivity index (χ3n) is 6.95. The van der Waals surface area contributed by atoms with E-state index < -0.39 is 49.2 Å². The number of carbonyl (C=O) groups excluding carboxylic acids is 1. The number of hydrogen-bond donors (Lipinski definition) is 3. The lowest BCUT2D eigenvalue weighted by Gasteiger charge is -2.31. The van der Waals surface area contributed by atoms with Crippen LogP contribution >= 0.6 is 7.75 Å². The number of benzene rings is 1. The first-order valence-corrected chi connectivity index (χ1v) is 14.2. The van der Waals surface area contributed by atoms with Crippen molar-refractivity contribution >= 4 is 36.6 Å². The molecule has 3 heterocycles. The number of imidazole rings is 1. The molecule has 0 spiro atoms. The first kappa shape index (κ1) is 29.1. The van der Waals surface area contributed by atoms with Crippen molar-refractivity contribution in [3.63, 3.8) is 0 Å². The number of nitrogens with zero attached hydrogens (tertiary/aromatic N) is 5. The number of nitrogens with one attached hydrogen (secondary N) is 1. The monoisotopic (exact) mass is 597 g/mol. The van der Waals surface area contributed by atoms with Crippen LogP contribution in [0.5, 0.6) is 5.75 Å². The highest BCUT2D eigenvalue weighted by Gasteiger charge is 2.96. The maximum absolute atomic E-state index is 16.5. The number of nitrogens with two attached hydrogens (primary N) is 1. The predicted octanol–water partition coefficient (Wildman–Crippen LogP) is 2.26. The number of carbonyl (C=O) groups is 1. The number of hydrogen-bond acceptors (Lipinski definition) is 12. The number of halogens is 2. The van der Waals surface area contributed by atoms with Crippen molar-refractivity contribution in [3.8, 4) is 5.75 Å². The Balaban J connectivity index is 1.46. The molecule has 7 atom stereocenters. The summed E-state index contributed by atoms with van der Waals surface area (Å²) in [5.74, 6) is -3.76.